The summed E-state index contributed by atoms with van der Waals surface area (Å²) >= 11 is 0. The summed E-state index contributed by atoms with van der Waals surface area (Å²) in [5.74, 6) is 1.02. The molecule has 2 heteroatoms. The van der Waals surface area contributed by atoms with E-state index in [2.05, 4.69) is 13.8 Å². The summed E-state index contributed by atoms with van der Waals surface area (Å²) in [4.78, 5) is 0. The van der Waals surface area contributed by atoms with Gasteiger partial charge in [-0.25, -0.2) is 4.39 Å². The molecule has 0 aliphatic carbocycles. The van der Waals surface area contributed by atoms with Crippen molar-refractivity contribution in [3.05, 3.63) is 29.1 Å². The van der Waals surface area contributed by atoms with Gasteiger partial charge >= 0.3 is 0 Å². The molecule has 15 heavy (non-hydrogen) atoms. The van der Waals surface area contributed by atoms with Crippen LogP contribution in [0.2, 0.25) is 0 Å². The molecule has 0 spiro atoms. The van der Waals surface area contributed by atoms with E-state index in [1.165, 1.54) is 6.07 Å². The molecule has 0 heterocycles. The predicted octanol–water partition coefficient (Wildman–Crippen LogP) is 4.08. The zero-order valence-corrected chi connectivity index (χ0v) is 10.1. The molecule has 0 N–H and O–H groups in total. The van der Waals surface area contributed by atoms with E-state index >= 15 is 0 Å². The molecular formula is C13H19FO. The molecule has 0 saturated heterocycles. The van der Waals surface area contributed by atoms with Crippen molar-refractivity contribution in [3.63, 3.8) is 0 Å². The van der Waals surface area contributed by atoms with E-state index in [-0.39, 0.29) is 11.7 Å². The van der Waals surface area contributed by atoms with E-state index in [9.17, 15) is 4.39 Å². The fourth-order valence-electron chi connectivity index (χ4n) is 1.66. The van der Waals surface area contributed by atoms with Gasteiger partial charge in [-0.3, -0.25) is 0 Å². The lowest BCUT2D eigenvalue weighted by Crippen LogP contribution is -2.00. The summed E-state index contributed by atoms with van der Waals surface area (Å²) in [6.07, 6.45) is 0. The molecule has 1 aromatic rings. The summed E-state index contributed by atoms with van der Waals surface area (Å²) in [7, 11) is 1.58. The van der Waals surface area contributed by atoms with Crippen molar-refractivity contribution in [3.8, 4) is 5.75 Å². The minimum Gasteiger partial charge on any atom is -0.496 e. The summed E-state index contributed by atoms with van der Waals surface area (Å²) in [6.45, 7) is 8.16. The highest BCUT2D eigenvalue weighted by Crippen LogP contribution is 2.31. The quantitative estimate of drug-likeness (QED) is 0.730. The molecule has 1 rings (SSSR count). The van der Waals surface area contributed by atoms with Crippen LogP contribution in [-0.2, 0) is 0 Å². The van der Waals surface area contributed by atoms with Gasteiger partial charge < -0.3 is 4.74 Å². The Labute approximate surface area is 91.3 Å². The van der Waals surface area contributed by atoms with Crippen molar-refractivity contribution in [1.29, 1.82) is 0 Å². The van der Waals surface area contributed by atoms with Crippen LogP contribution in [0.25, 0.3) is 0 Å². The first kappa shape index (κ1) is 12.0. The summed E-state index contributed by atoms with van der Waals surface area (Å²) < 4.78 is 18.8. The van der Waals surface area contributed by atoms with Crippen LogP contribution in [-0.4, -0.2) is 7.11 Å². The van der Waals surface area contributed by atoms with Crippen molar-refractivity contribution in [2.75, 3.05) is 7.11 Å². The van der Waals surface area contributed by atoms with Crippen molar-refractivity contribution in [1.82, 2.24) is 0 Å². The number of hydrogen-bond donors (Lipinski definition) is 0. The van der Waals surface area contributed by atoms with Gasteiger partial charge in [-0.2, -0.15) is 0 Å². The van der Waals surface area contributed by atoms with Crippen LogP contribution in [0, 0.1) is 5.82 Å². The van der Waals surface area contributed by atoms with Crippen LogP contribution in [0.15, 0.2) is 12.1 Å². The number of halogens is 1. The maximum Gasteiger partial charge on any atom is 0.130 e. The third-order valence-electron chi connectivity index (χ3n) is 2.59. The van der Waals surface area contributed by atoms with Gasteiger partial charge in [0.05, 0.1) is 7.11 Å². The first-order valence-corrected chi connectivity index (χ1v) is 5.34. The Kier molecular flexibility index (Phi) is 3.72. The number of methoxy groups -OCH3 is 1. The number of benzene rings is 1. The first-order chi connectivity index (χ1) is 6.97. The van der Waals surface area contributed by atoms with Gasteiger partial charge in [0.25, 0.3) is 0 Å². The van der Waals surface area contributed by atoms with Gasteiger partial charge in [0.15, 0.2) is 0 Å². The number of hydrogen-bond acceptors (Lipinski definition) is 1. The molecule has 1 aromatic carbocycles. The Hall–Kier alpha value is -1.05. The second-order valence-corrected chi connectivity index (χ2v) is 4.43. The molecule has 1 nitrogen and oxygen atoms in total. The molecule has 0 amide bonds. The minimum absolute atomic E-state index is 0.175. The van der Waals surface area contributed by atoms with E-state index in [1.807, 2.05) is 19.9 Å². The standard InChI is InChI=1S/C13H19FO/c1-8(2)10-6-11(9(3)4)13(15-5)7-12(10)14/h6-9H,1-5H3. The van der Waals surface area contributed by atoms with Crippen molar-refractivity contribution in [2.45, 2.75) is 39.5 Å². The fourth-order valence-corrected chi connectivity index (χ4v) is 1.66. The van der Waals surface area contributed by atoms with Crippen LogP contribution >= 0.6 is 0 Å². The van der Waals surface area contributed by atoms with Crippen LogP contribution in [0.4, 0.5) is 4.39 Å². The molecule has 0 aromatic heterocycles. The molecule has 0 fully saturated rings. The summed E-state index contributed by atoms with van der Waals surface area (Å²) in [5.41, 5.74) is 1.84. The van der Waals surface area contributed by atoms with Crippen molar-refractivity contribution < 1.29 is 9.13 Å². The van der Waals surface area contributed by atoms with Gasteiger partial charge in [0.2, 0.25) is 0 Å². The average Bonchev–Trinajstić information content (AvgIpc) is 2.16. The molecule has 0 radical (unpaired) electrons. The Morgan fingerprint density at radius 2 is 1.53 bits per heavy atom. The van der Waals surface area contributed by atoms with Crippen LogP contribution < -0.4 is 4.74 Å². The Balaban J connectivity index is 3.30. The molecule has 0 unspecified atom stereocenters. The lowest BCUT2D eigenvalue weighted by molar-refractivity contribution is 0.403. The van der Waals surface area contributed by atoms with E-state index < -0.39 is 0 Å². The second-order valence-electron chi connectivity index (χ2n) is 4.43. The highest BCUT2D eigenvalue weighted by Gasteiger charge is 2.14. The normalized spacial score (nSPS) is 11.2. The highest BCUT2D eigenvalue weighted by molar-refractivity contribution is 5.41. The molecule has 0 aliphatic heterocycles. The molecule has 84 valence electrons. The Bertz CT molecular complexity index is 343. The van der Waals surface area contributed by atoms with Crippen molar-refractivity contribution >= 4 is 0 Å². The number of ether oxygens (including phenoxy) is 1. The zero-order valence-electron chi connectivity index (χ0n) is 10.1. The smallest absolute Gasteiger partial charge is 0.130 e. The largest absolute Gasteiger partial charge is 0.496 e. The van der Waals surface area contributed by atoms with Gasteiger partial charge in [-0.1, -0.05) is 27.7 Å². The predicted molar refractivity (Wildman–Crippen MR) is 61.1 cm³/mol. The van der Waals surface area contributed by atoms with Gasteiger partial charge in [0.1, 0.15) is 11.6 Å². The second kappa shape index (κ2) is 4.65. The van der Waals surface area contributed by atoms with E-state index in [4.69, 9.17) is 4.74 Å². The first-order valence-electron chi connectivity index (χ1n) is 5.34. The maximum atomic E-state index is 13.7. The third kappa shape index (κ3) is 2.49. The van der Waals surface area contributed by atoms with Gasteiger partial charge in [-0.15, -0.1) is 0 Å². The van der Waals surface area contributed by atoms with E-state index in [1.54, 1.807) is 7.11 Å². The van der Waals surface area contributed by atoms with Gasteiger partial charge in [-0.05, 0) is 29.0 Å². The SMILES string of the molecule is COc1cc(F)c(C(C)C)cc1C(C)C. The monoisotopic (exact) mass is 210 g/mol. The zero-order chi connectivity index (χ0) is 11.6. The van der Waals surface area contributed by atoms with Crippen LogP contribution in [0.3, 0.4) is 0 Å². The average molecular weight is 210 g/mol. The molecular weight excluding hydrogens is 191 g/mol. The fraction of sp³-hybridized carbons (Fsp3) is 0.538. The summed E-state index contributed by atoms with van der Waals surface area (Å²) in [5, 5.41) is 0. The van der Waals surface area contributed by atoms with Crippen molar-refractivity contribution in [2.24, 2.45) is 0 Å². The lowest BCUT2D eigenvalue weighted by atomic mass is 9.94. The van der Waals surface area contributed by atoms with E-state index in [0.29, 0.717) is 11.7 Å². The third-order valence-corrected chi connectivity index (χ3v) is 2.59. The Morgan fingerprint density at radius 1 is 1.00 bits per heavy atom. The molecule has 0 atom stereocenters. The number of rotatable bonds is 3. The summed E-state index contributed by atoms with van der Waals surface area (Å²) in [6, 6.07) is 3.41. The van der Waals surface area contributed by atoms with Crippen LogP contribution in [0.5, 0.6) is 5.75 Å². The van der Waals surface area contributed by atoms with Crippen LogP contribution in [0.1, 0.15) is 50.7 Å². The topological polar surface area (TPSA) is 9.23 Å². The molecule has 0 saturated carbocycles. The molecule has 0 aliphatic rings. The minimum atomic E-state index is -0.175. The lowest BCUT2D eigenvalue weighted by Gasteiger charge is -2.16. The van der Waals surface area contributed by atoms with E-state index in [0.717, 1.165) is 11.1 Å². The Morgan fingerprint density at radius 3 is 1.93 bits per heavy atom. The highest BCUT2D eigenvalue weighted by atomic mass is 19.1. The molecule has 0 bridgehead atoms. The van der Waals surface area contributed by atoms with Gasteiger partial charge in [0, 0.05) is 6.07 Å². The maximum absolute atomic E-state index is 13.7.